The molecular formula is C30H36N+. The molecule has 0 N–H and O–H groups in total. The third-order valence-electron chi connectivity index (χ3n) is 7.69. The zero-order valence-corrected chi connectivity index (χ0v) is 19.1. The van der Waals surface area contributed by atoms with E-state index >= 15 is 0 Å². The van der Waals surface area contributed by atoms with Gasteiger partial charge in [-0.25, -0.2) is 4.57 Å². The minimum absolute atomic E-state index is 0.440. The van der Waals surface area contributed by atoms with Crippen molar-refractivity contribution < 1.29 is 5.94 Å². The van der Waals surface area contributed by atoms with Crippen molar-refractivity contribution in [3.8, 4) is 22.4 Å². The normalized spacial score (nSPS) is 26.6. The topological polar surface area (TPSA) is 3.88 Å². The van der Waals surface area contributed by atoms with Crippen LogP contribution in [0.25, 0.3) is 22.4 Å². The minimum Gasteiger partial charge on any atom is -0.201 e. The van der Waals surface area contributed by atoms with Crippen LogP contribution in [0.4, 0.5) is 0 Å². The Bertz CT molecular complexity index is 1080. The van der Waals surface area contributed by atoms with Crippen LogP contribution in [-0.4, -0.2) is 0 Å². The van der Waals surface area contributed by atoms with Gasteiger partial charge in [-0.3, -0.25) is 0 Å². The lowest BCUT2D eigenvalue weighted by atomic mass is 9.71. The van der Waals surface area contributed by atoms with Crippen LogP contribution in [0.3, 0.4) is 0 Å². The van der Waals surface area contributed by atoms with Crippen molar-refractivity contribution >= 4 is 0 Å². The van der Waals surface area contributed by atoms with Gasteiger partial charge in [-0.2, -0.15) is 0 Å². The molecule has 0 atom stereocenters. The molecule has 3 aliphatic carbocycles. The number of fused-ring (bicyclic) bond motifs is 6. The molecule has 31 heavy (non-hydrogen) atoms. The number of nitrogens with zero attached hydrogens (tertiary/aromatic N) is 1. The van der Waals surface area contributed by atoms with Crippen LogP contribution < -0.4 is 4.57 Å². The number of benzene rings is 2. The van der Waals surface area contributed by atoms with E-state index in [1.807, 2.05) is 0 Å². The molecule has 2 bridgehead atoms. The van der Waals surface area contributed by atoms with Gasteiger partial charge in [0.25, 0.3) is 0 Å². The Labute approximate surface area is 189 Å². The molecule has 1 nitrogen and oxygen atoms in total. The summed E-state index contributed by atoms with van der Waals surface area (Å²) in [5.41, 5.74) is 7.49. The first-order valence-corrected chi connectivity index (χ1v) is 12.2. The second kappa shape index (κ2) is 8.99. The number of hydrogen-bond donors (Lipinski definition) is 0. The summed E-state index contributed by atoms with van der Waals surface area (Å²) < 4.78 is 11.8. The SMILES string of the molecule is [2H]C1(c2cccc(-c3cc[n+](C)c(-c4ccccc4C)c3)c2)CC2CCCC(CCC2)C1. The van der Waals surface area contributed by atoms with Crippen LogP contribution in [-0.2, 0) is 7.05 Å². The maximum absolute atomic E-state index is 9.59. The molecule has 0 saturated heterocycles. The van der Waals surface area contributed by atoms with Crippen molar-refractivity contribution in [2.45, 2.75) is 64.2 Å². The van der Waals surface area contributed by atoms with E-state index in [1.54, 1.807) is 0 Å². The van der Waals surface area contributed by atoms with Crippen molar-refractivity contribution in [1.29, 1.82) is 0 Å². The molecule has 3 aliphatic rings. The Kier molecular flexibility index (Phi) is 5.59. The van der Waals surface area contributed by atoms with Crippen molar-refractivity contribution in [1.82, 2.24) is 0 Å². The first-order valence-electron chi connectivity index (χ1n) is 12.7. The molecule has 0 spiro atoms. The Morgan fingerprint density at radius 2 is 1.48 bits per heavy atom. The second-order valence-electron chi connectivity index (χ2n) is 9.91. The Morgan fingerprint density at radius 3 is 2.19 bits per heavy atom. The largest absolute Gasteiger partial charge is 0.213 e. The molecule has 3 saturated carbocycles. The van der Waals surface area contributed by atoms with E-state index in [-0.39, 0.29) is 0 Å². The highest BCUT2D eigenvalue weighted by Gasteiger charge is 2.28. The van der Waals surface area contributed by atoms with Crippen LogP contribution in [0.15, 0.2) is 66.9 Å². The number of hydrogen-bond acceptors (Lipinski definition) is 0. The quantitative estimate of drug-likeness (QED) is 0.390. The third kappa shape index (κ3) is 4.47. The highest BCUT2D eigenvalue weighted by molar-refractivity contribution is 5.70. The Balaban J connectivity index is 1.52. The second-order valence-corrected chi connectivity index (χ2v) is 9.91. The van der Waals surface area contributed by atoms with Crippen LogP contribution in [0.2, 0.25) is 0 Å². The van der Waals surface area contributed by atoms with Gasteiger partial charge >= 0.3 is 0 Å². The summed E-state index contributed by atoms with van der Waals surface area (Å²) in [6, 6.07) is 22.1. The summed E-state index contributed by atoms with van der Waals surface area (Å²) in [5.74, 6) is 1.01. The van der Waals surface area contributed by atoms with Gasteiger partial charge in [-0.1, -0.05) is 81.0 Å². The third-order valence-corrected chi connectivity index (χ3v) is 7.69. The van der Waals surface area contributed by atoms with Crippen LogP contribution in [0.1, 0.15) is 69.8 Å². The fourth-order valence-corrected chi connectivity index (χ4v) is 5.90. The molecular weight excluding hydrogens is 374 g/mol. The molecule has 2 aromatic carbocycles. The Hall–Kier alpha value is -2.41. The van der Waals surface area contributed by atoms with Gasteiger partial charge in [0.2, 0.25) is 5.69 Å². The lowest BCUT2D eigenvalue weighted by molar-refractivity contribution is -0.660. The van der Waals surface area contributed by atoms with Gasteiger partial charge in [-0.15, -0.1) is 0 Å². The molecule has 0 aliphatic heterocycles. The number of pyridine rings is 1. The first kappa shape index (κ1) is 19.3. The standard InChI is InChI=1S/C30H36N/c1-22-8-3-4-15-29(22)30-21-27(16-17-31(30)2)25-13-7-14-26(20-25)28-18-23-9-5-10-24(19-28)12-6-11-23/h3-4,7-8,13-17,20-21,23-24,28H,5-6,9-12,18-19H2,1-2H3/q+1/i28D. The van der Waals surface area contributed by atoms with E-state index in [4.69, 9.17) is 0 Å². The summed E-state index contributed by atoms with van der Waals surface area (Å²) in [7, 11) is 2.12. The van der Waals surface area contributed by atoms with Crippen LogP contribution in [0.5, 0.6) is 0 Å². The zero-order chi connectivity index (χ0) is 22.1. The first-order chi connectivity index (χ1) is 15.5. The zero-order valence-electron chi connectivity index (χ0n) is 20.1. The summed E-state index contributed by atoms with van der Waals surface area (Å²) in [6.07, 6.45) is 12.3. The van der Waals surface area contributed by atoms with Gasteiger partial charge in [0, 0.05) is 19.1 Å². The van der Waals surface area contributed by atoms with E-state index in [0.717, 1.165) is 24.7 Å². The van der Waals surface area contributed by atoms with Crippen molar-refractivity contribution in [3.63, 3.8) is 0 Å². The lowest BCUT2D eigenvalue weighted by Gasteiger charge is -2.34. The van der Waals surface area contributed by atoms with Gasteiger partial charge in [0.15, 0.2) is 6.20 Å². The van der Waals surface area contributed by atoms with Crippen LogP contribution >= 0.6 is 0 Å². The molecule has 1 heteroatoms. The van der Waals surface area contributed by atoms with Crippen molar-refractivity contribution in [2.24, 2.45) is 18.9 Å². The van der Waals surface area contributed by atoms with E-state index in [9.17, 15) is 1.37 Å². The fourth-order valence-electron chi connectivity index (χ4n) is 5.90. The van der Waals surface area contributed by atoms with Crippen molar-refractivity contribution in [2.75, 3.05) is 0 Å². The molecule has 3 aromatic rings. The number of aromatic nitrogens is 1. The summed E-state index contributed by atoms with van der Waals surface area (Å²) in [4.78, 5) is 0. The number of aryl methyl sites for hydroxylation is 2. The summed E-state index contributed by atoms with van der Waals surface area (Å²) in [5, 5.41) is 0. The monoisotopic (exact) mass is 411 g/mol. The molecule has 6 rings (SSSR count). The molecule has 0 unspecified atom stereocenters. The highest BCUT2D eigenvalue weighted by Crippen LogP contribution is 2.43. The minimum atomic E-state index is -0.440. The van der Waals surface area contributed by atoms with Crippen LogP contribution in [0, 0.1) is 18.8 Å². The van der Waals surface area contributed by atoms with Gasteiger partial charge < -0.3 is 0 Å². The molecule has 0 amide bonds. The number of rotatable bonds is 3. The average Bonchev–Trinajstić information content (AvgIpc) is 2.76. The van der Waals surface area contributed by atoms with Gasteiger partial charge in [0.05, 0.1) is 0 Å². The molecule has 1 aromatic heterocycles. The summed E-state index contributed by atoms with van der Waals surface area (Å²) >= 11 is 0. The molecule has 3 fully saturated rings. The van der Waals surface area contributed by atoms with E-state index < -0.39 is 5.89 Å². The highest BCUT2D eigenvalue weighted by atomic mass is 14.9. The Morgan fingerprint density at radius 1 is 0.806 bits per heavy atom. The van der Waals surface area contributed by atoms with E-state index in [1.165, 1.54) is 72.0 Å². The van der Waals surface area contributed by atoms with Gasteiger partial charge in [0.1, 0.15) is 7.05 Å². The predicted octanol–water partition coefficient (Wildman–Crippen LogP) is 7.62. The van der Waals surface area contributed by atoms with E-state index in [0.29, 0.717) is 0 Å². The predicted molar refractivity (Wildman–Crippen MR) is 130 cm³/mol. The van der Waals surface area contributed by atoms with Gasteiger partial charge in [-0.05, 0) is 65.8 Å². The molecule has 1 heterocycles. The lowest BCUT2D eigenvalue weighted by Crippen LogP contribution is -2.30. The smallest absolute Gasteiger partial charge is 0.201 e. The van der Waals surface area contributed by atoms with E-state index in [2.05, 4.69) is 85.4 Å². The summed E-state index contributed by atoms with van der Waals surface area (Å²) in [6.45, 7) is 2.18. The maximum atomic E-state index is 9.59. The fraction of sp³-hybridized carbons (Fsp3) is 0.433. The average molecular weight is 412 g/mol. The maximum Gasteiger partial charge on any atom is 0.213 e. The van der Waals surface area contributed by atoms with Crippen molar-refractivity contribution in [3.05, 3.63) is 78.0 Å². The molecule has 0 radical (unpaired) electrons. The molecule has 160 valence electrons.